The Morgan fingerprint density at radius 3 is 1.37 bits per heavy atom. The maximum atomic E-state index is 2.53. The molecule has 348 valence electrons. The second-order valence-electron chi connectivity index (χ2n) is 24.0. The van der Waals surface area contributed by atoms with Crippen LogP contribution in [-0.4, -0.2) is 4.57 Å². The summed E-state index contributed by atoms with van der Waals surface area (Å²) in [6, 6.07) is 69.5. The summed E-state index contributed by atoms with van der Waals surface area (Å²) in [6.45, 7) is 27.8. The van der Waals surface area contributed by atoms with Crippen molar-refractivity contribution < 1.29 is 0 Å². The van der Waals surface area contributed by atoms with Crippen LogP contribution in [0.5, 0.6) is 0 Å². The minimum atomic E-state index is -0.0514. The zero-order valence-corrected chi connectivity index (χ0v) is 43.2. The summed E-state index contributed by atoms with van der Waals surface area (Å²) in [6.07, 6.45) is 0. The van der Waals surface area contributed by atoms with E-state index in [-0.39, 0.29) is 21.7 Å². The second-order valence-corrected chi connectivity index (χ2v) is 24.0. The van der Waals surface area contributed by atoms with Crippen molar-refractivity contribution in [2.75, 3.05) is 4.90 Å². The predicted octanol–water partition coefficient (Wildman–Crippen LogP) is 19.7. The molecule has 0 amide bonds. The molecule has 11 rings (SSSR count). The van der Waals surface area contributed by atoms with E-state index in [0.717, 1.165) is 17.1 Å². The molecule has 0 aliphatic heterocycles. The summed E-state index contributed by atoms with van der Waals surface area (Å²) in [7, 11) is 0. The first-order chi connectivity index (χ1) is 33.2. The standard InChI is InChI=1S/C68H66N2/c1-65(2,3)48-29-32-52(33-30-48)69(62-38-31-49(66(4,5)6)42-57(62)44-23-21-43(22-24-44)47-39-50(67(7,8)9)41-51(40-47)68(10,11)12)60-36-27-45-26-35-56-61(37-28-46-25-34-55(60)63(45)64(46)56)70-58-19-15-13-17-53(58)54-18-14-16-20-59(54)70/h13-42H,1-12H3. The molecule has 70 heavy (non-hydrogen) atoms. The molecule has 0 radical (unpaired) electrons. The van der Waals surface area contributed by atoms with Crippen LogP contribution in [0.2, 0.25) is 0 Å². The first kappa shape index (κ1) is 45.3. The van der Waals surface area contributed by atoms with Gasteiger partial charge in [0.15, 0.2) is 0 Å². The fourth-order valence-electron chi connectivity index (χ4n) is 10.8. The van der Waals surface area contributed by atoms with E-state index in [1.165, 1.54) is 104 Å². The summed E-state index contributed by atoms with van der Waals surface area (Å²) in [4.78, 5) is 2.53. The van der Waals surface area contributed by atoms with Gasteiger partial charge in [0.2, 0.25) is 0 Å². The highest BCUT2D eigenvalue weighted by Gasteiger charge is 2.26. The first-order valence-corrected chi connectivity index (χ1v) is 25.3. The Labute approximate surface area is 415 Å². The SMILES string of the molecule is CC(C)(C)c1ccc(N(c2ccc(C(C)(C)C)cc2-c2ccc(-c3cc(C(C)(C)C)cc(C(C)(C)C)c3)cc2)c2ccc3ccc4c(-n5c6ccccc6c6ccccc65)ccc5ccc2c3c54)cc1. The maximum Gasteiger partial charge on any atom is 0.0541 e. The van der Waals surface area contributed by atoms with Gasteiger partial charge in [0.1, 0.15) is 0 Å². The second kappa shape index (κ2) is 16.2. The average Bonchev–Trinajstić information content (AvgIpc) is 3.67. The Morgan fingerprint density at radius 2 is 0.800 bits per heavy atom. The van der Waals surface area contributed by atoms with Crippen LogP contribution in [0.1, 0.15) is 105 Å². The van der Waals surface area contributed by atoms with E-state index < -0.39 is 0 Å². The molecule has 0 N–H and O–H groups in total. The van der Waals surface area contributed by atoms with Crippen molar-refractivity contribution >= 4 is 71.2 Å². The van der Waals surface area contributed by atoms with Gasteiger partial charge in [-0.25, -0.2) is 0 Å². The van der Waals surface area contributed by atoms with E-state index in [9.17, 15) is 0 Å². The molecule has 1 aromatic heterocycles. The molecule has 0 aliphatic rings. The Morgan fingerprint density at radius 1 is 0.329 bits per heavy atom. The van der Waals surface area contributed by atoms with Crippen molar-refractivity contribution in [3.63, 3.8) is 0 Å². The van der Waals surface area contributed by atoms with E-state index >= 15 is 0 Å². The Balaban J connectivity index is 1.14. The van der Waals surface area contributed by atoms with E-state index in [2.05, 4.69) is 275 Å². The lowest BCUT2D eigenvalue weighted by atomic mass is 9.79. The number of benzene rings is 10. The minimum Gasteiger partial charge on any atom is -0.309 e. The summed E-state index contributed by atoms with van der Waals surface area (Å²) in [5.41, 5.74) is 17.3. The van der Waals surface area contributed by atoms with Gasteiger partial charge in [-0.05, 0) is 131 Å². The summed E-state index contributed by atoms with van der Waals surface area (Å²) in [5, 5.41) is 10.1. The zero-order valence-electron chi connectivity index (χ0n) is 43.2. The van der Waals surface area contributed by atoms with Gasteiger partial charge in [0.25, 0.3) is 0 Å². The number of aromatic nitrogens is 1. The quantitative estimate of drug-likeness (QED) is 0.151. The van der Waals surface area contributed by atoms with Gasteiger partial charge in [-0.15, -0.1) is 0 Å². The fraction of sp³-hybridized carbons (Fsp3) is 0.235. The molecule has 0 saturated heterocycles. The van der Waals surface area contributed by atoms with E-state index in [0.29, 0.717) is 0 Å². The van der Waals surface area contributed by atoms with E-state index in [4.69, 9.17) is 0 Å². The number of hydrogen-bond donors (Lipinski definition) is 0. The van der Waals surface area contributed by atoms with Crippen LogP contribution in [0.25, 0.3) is 82.1 Å². The minimum absolute atomic E-state index is 0.0196. The average molecular weight is 911 g/mol. The third kappa shape index (κ3) is 7.73. The van der Waals surface area contributed by atoms with Gasteiger partial charge in [-0.1, -0.05) is 217 Å². The smallest absolute Gasteiger partial charge is 0.0541 e. The molecule has 11 aromatic rings. The third-order valence-electron chi connectivity index (χ3n) is 15.0. The molecule has 0 bridgehead atoms. The number of nitrogens with zero attached hydrogens (tertiary/aromatic N) is 2. The molecular weight excluding hydrogens is 845 g/mol. The molecule has 2 nitrogen and oxygen atoms in total. The number of para-hydroxylation sites is 2. The first-order valence-electron chi connectivity index (χ1n) is 25.3. The van der Waals surface area contributed by atoms with Crippen LogP contribution >= 0.6 is 0 Å². The van der Waals surface area contributed by atoms with Crippen LogP contribution in [0.4, 0.5) is 17.1 Å². The molecule has 0 fully saturated rings. The van der Waals surface area contributed by atoms with Gasteiger partial charge in [-0.2, -0.15) is 0 Å². The van der Waals surface area contributed by atoms with Crippen molar-refractivity contribution in [2.24, 2.45) is 0 Å². The number of hydrogen-bond acceptors (Lipinski definition) is 1. The van der Waals surface area contributed by atoms with Gasteiger partial charge in [0, 0.05) is 32.8 Å². The topological polar surface area (TPSA) is 8.17 Å². The van der Waals surface area contributed by atoms with Crippen LogP contribution in [0, 0.1) is 0 Å². The van der Waals surface area contributed by atoms with Gasteiger partial charge >= 0.3 is 0 Å². The van der Waals surface area contributed by atoms with Crippen molar-refractivity contribution in [3.05, 3.63) is 204 Å². The van der Waals surface area contributed by atoms with E-state index in [1.807, 2.05) is 0 Å². The molecule has 2 heteroatoms. The van der Waals surface area contributed by atoms with E-state index in [1.54, 1.807) is 0 Å². The van der Waals surface area contributed by atoms with Gasteiger partial charge in [-0.3, -0.25) is 0 Å². The number of rotatable bonds is 6. The van der Waals surface area contributed by atoms with Gasteiger partial charge < -0.3 is 9.47 Å². The van der Waals surface area contributed by atoms with Crippen molar-refractivity contribution in [3.8, 4) is 27.9 Å². The molecule has 0 atom stereocenters. The lowest BCUT2D eigenvalue weighted by Gasteiger charge is -2.32. The molecular formula is C68H66N2. The molecule has 0 aliphatic carbocycles. The van der Waals surface area contributed by atoms with Crippen molar-refractivity contribution in [1.29, 1.82) is 0 Å². The summed E-state index contributed by atoms with van der Waals surface area (Å²) >= 11 is 0. The van der Waals surface area contributed by atoms with Crippen LogP contribution < -0.4 is 4.90 Å². The van der Waals surface area contributed by atoms with Crippen LogP contribution in [0.3, 0.4) is 0 Å². The summed E-state index contributed by atoms with van der Waals surface area (Å²) in [5.74, 6) is 0. The Kier molecular flexibility index (Phi) is 10.5. The highest BCUT2D eigenvalue weighted by atomic mass is 15.1. The van der Waals surface area contributed by atoms with Crippen LogP contribution in [-0.2, 0) is 21.7 Å². The normalized spacial score (nSPS) is 12.9. The molecule has 1 heterocycles. The molecule has 0 unspecified atom stereocenters. The predicted molar refractivity (Wildman–Crippen MR) is 305 cm³/mol. The number of anilines is 3. The lowest BCUT2D eigenvalue weighted by Crippen LogP contribution is -2.16. The lowest BCUT2D eigenvalue weighted by molar-refractivity contribution is 0.569. The van der Waals surface area contributed by atoms with Crippen molar-refractivity contribution in [2.45, 2.75) is 105 Å². The molecule has 10 aromatic carbocycles. The monoisotopic (exact) mass is 911 g/mol. The molecule has 0 spiro atoms. The Bertz CT molecular complexity index is 3690. The zero-order chi connectivity index (χ0) is 49.1. The van der Waals surface area contributed by atoms with Crippen molar-refractivity contribution in [1.82, 2.24) is 4.57 Å². The third-order valence-corrected chi connectivity index (χ3v) is 15.0. The highest BCUT2D eigenvalue weighted by molar-refractivity contribution is 6.27. The largest absolute Gasteiger partial charge is 0.309 e. The molecule has 0 saturated carbocycles. The fourth-order valence-corrected chi connectivity index (χ4v) is 10.8. The number of fused-ring (bicyclic) bond motifs is 3. The summed E-state index contributed by atoms with van der Waals surface area (Å²) < 4.78 is 2.47. The Hall–Kier alpha value is -7.16. The van der Waals surface area contributed by atoms with Gasteiger partial charge in [0.05, 0.1) is 28.1 Å². The highest BCUT2D eigenvalue weighted by Crippen LogP contribution is 2.49. The maximum absolute atomic E-state index is 2.53. The van der Waals surface area contributed by atoms with Crippen LogP contribution in [0.15, 0.2) is 182 Å².